The molecule has 0 aromatic carbocycles. The van der Waals surface area contributed by atoms with E-state index in [1.807, 2.05) is 13.8 Å². The second-order valence-corrected chi connectivity index (χ2v) is 2.86. The molecule has 0 fully saturated rings. The molecule has 0 bridgehead atoms. The molecule has 0 heterocycles. The lowest BCUT2D eigenvalue weighted by atomic mass is 10.1. The number of alkyl halides is 3. The smallest absolute Gasteiger partial charge is 0.314 e. The van der Waals surface area contributed by atoms with Gasteiger partial charge < -0.3 is 5.32 Å². The highest BCUT2D eigenvalue weighted by Gasteiger charge is 2.30. The van der Waals surface area contributed by atoms with Gasteiger partial charge in [-0.05, 0) is 13.0 Å². The molecule has 0 aromatic heterocycles. The second kappa shape index (κ2) is 5.41. The van der Waals surface area contributed by atoms with E-state index < -0.39 is 18.6 Å². The molecule has 1 nitrogen and oxygen atoms in total. The van der Waals surface area contributed by atoms with Crippen molar-refractivity contribution in [1.82, 2.24) is 5.32 Å². The normalized spacial score (nSPS) is 14.8. The zero-order valence-electron chi connectivity index (χ0n) is 7.54. The highest BCUT2D eigenvalue weighted by Crippen LogP contribution is 2.23. The molecular formula is C8H16F3N. The van der Waals surface area contributed by atoms with Crippen LogP contribution >= 0.6 is 0 Å². The molecule has 1 atom stereocenters. The Morgan fingerprint density at radius 1 is 1.25 bits per heavy atom. The molecule has 0 aliphatic heterocycles. The van der Waals surface area contributed by atoms with E-state index in [0.29, 0.717) is 13.0 Å². The minimum atomic E-state index is -4.04. The van der Waals surface area contributed by atoms with Crippen LogP contribution in [0.25, 0.3) is 0 Å². The Hall–Kier alpha value is -0.250. The third kappa shape index (κ3) is 6.46. The van der Waals surface area contributed by atoms with Crippen LogP contribution in [0.2, 0.25) is 0 Å². The van der Waals surface area contributed by atoms with Crippen LogP contribution in [-0.2, 0) is 0 Å². The van der Waals surface area contributed by atoms with Crippen molar-refractivity contribution in [2.75, 3.05) is 6.54 Å². The predicted octanol–water partition coefficient (Wildman–Crippen LogP) is 2.72. The molecular weight excluding hydrogens is 167 g/mol. The van der Waals surface area contributed by atoms with Crippen molar-refractivity contribution in [3.63, 3.8) is 0 Å². The first-order chi connectivity index (χ1) is 5.49. The van der Waals surface area contributed by atoms with Crippen LogP contribution in [0.1, 0.15) is 33.1 Å². The van der Waals surface area contributed by atoms with Crippen LogP contribution in [0, 0.1) is 0 Å². The fourth-order valence-corrected chi connectivity index (χ4v) is 1.19. The van der Waals surface area contributed by atoms with Crippen molar-refractivity contribution >= 4 is 0 Å². The van der Waals surface area contributed by atoms with E-state index in [4.69, 9.17) is 0 Å². The van der Waals surface area contributed by atoms with Gasteiger partial charge in [-0.25, -0.2) is 0 Å². The summed E-state index contributed by atoms with van der Waals surface area (Å²) in [4.78, 5) is 0. The first-order valence-electron chi connectivity index (χ1n) is 4.29. The summed E-state index contributed by atoms with van der Waals surface area (Å²) in [5.41, 5.74) is 0. The van der Waals surface area contributed by atoms with Crippen LogP contribution in [0.4, 0.5) is 13.2 Å². The largest absolute Gasteiger partial charge is 0.390 e. The van der Waals surface area contributed by atoms with E-state index >= 15 is 0 Å². The Bertz CT molecular complexity index is 105. The maximum absolute atomic E-state index is 11.9. The first kappa shape index (κ1) is 11.8. The quantitative estimate of drug-likeness (QED) is 0.691. The molecule has 12 heavy (non-hydrogen) atoms. The third-order valence-electron chi connectivity index (χ3n) is 1.61. The van der Waals surface area contributed by atoms with Crippen molar-refractivity contribution in [3.05, 3.63) is 0 Å². The molecule has 0 aromatic rings. The lowest BCUT2D eigenvalue weighted by molar-refractivity contribution is -0.140. The summed E-state index contributed by atoms with van der Waals surface area (Å²) in [5, 5.41) is 2.82. The van der Waals surface area contributed by atoms with Crippen LogP contribution in [0.15, 0.2) is 0 Å². The van der Waals surface area contributed by atoms with Gasteiger partial charge in [0.05, 0.1) is 6.42 Å². The molecule has 0 radical (unpaired) electrons. The van der Waals surface area contributed by atoms with Crippen LogP contribution in [-0.4, -0.2) is 18.8 Å². The maximum Gasteiger partial charge on any atom is 0.390 e. The minimum Gasteiger partial charge on any atom is -0.314 e. The standard InChI is InChI=1S/C8H16F3N/c1-3-5-7(12-4-2)6-8(9,10)11/h7,12H,3-6H2,1-2H3. The zero-order chi connectivity index (χ0) is 9.61. The summed E-state index contributed by atoms with van der Waals surface area (Å²) in [7, 11) is 0. The summed E-state index contributed by atoms with van der Waals surface area (Å²) in [5.74, 6) is 0. The highest BCUT2D eigenvalue weighted by molar-refractivity contribution is 4.69. The van der Waals surface area contributed by atoms with E-state index in [9.17, 15) is 13.2 Å². The monoisotopic (exact) mass is 183 g/mol. The molecule has 0 rings (SSSR count). The van der Waals surface area contributed by atoms with Gasteiger partial charge in [-0.1, -0.05) is 20.3 Å². The molecule has 0 saturated carbocycles. The molecule has 0 spiro atoms. The van der Waals surface area contributed by atoms with Gasteiger partial charge in [-0.2, -0.15) is 13.2 Å². The molecule has 4 heteroatoms. The minimum absolute atomic E-state index is 0.403. The van der Waals surface area contributed by atoms with Crippen LogP contribution in [0.5, 0.6) is 0 Å². The fourth-order valence-electron chi connectivity index (χ4n) is 1.19. The van der Waals surface area contributed by atoms with Gasteiger partial charge in [0.25, 0.3) is 0 Å². The summed E-state index contributed by atoms with van der Waals surface area (Å²) < 4.78 is 35.7. The zero-order valence-corrected chi connectivity index (χ0v) is 7.54. The van der Waals surface area contributed by atoms with Gasteiger partial charge in [0.2, 0.25) is 0 Å². The Labute approximate surface area is 71.3 Å². The highest BCUT2D eigenvalue weighted by atomic mass is 19.4. The van der Waals surface area contributed by atoms with E-state index in [1.54, 1.807) is 0 Å². The fraction of sp³-hybridized carbons (Fsp3) is 1.00. The van der Waals surface area contributed by atoms with Crippen LogP contribution < -0.4 is 5.32 Å². The topological polar surface area (TPSA) is 12.0 Å². The molecule has 74 valence electrons. The van der Waals surface area contributed by atoms with E-state index in [2.05, 4.69) is 5.32 Å². The maximum atomic E-state index is 11.9. The number of hydrogen-bond donors (Lipinski definition) is 1. The van der Waals surface area contributed by atoms with Crippen LogP contribution in [0.3, 0.4) is 0 Å². The van der Waals surface area contributed by atoms with Gasteiger partial charge in [0.15, 0.2) is 0 Å². The number of halogens is 3. The van der Waals surface area contributed by atoms with Crippen molar-refractivity contribution < 1.29 is 13.2 Å². The van der Waals surface area contributed by atoms with Gasteiger partial charge in [-0.15, -0.1) is 0 Å². The summed E-state index contributed by atoms with van der Waals surface area (Å²) in [6.45, 7) is 4.31. The van der Waals surface area contributed by atoms with Crippen molar-refractivity contribution in [2.45, 2.75) is 45.3 Å². The third-order valence-corrected chi connectivity index (χ3v) is 1.61. The Morgan fingerprint density at radius 2 is 1.83 bits per heavy atom. The predicted molar refractivity (Wildman–Crippen MR) is 43.0 cm³/mol. The second-order valence-electron chi connectivity index (χ2n) is 2.86. The molecule has 1 N–H and O–H groups in total. The van der Waals surface area contributed by atoms with E-state index in [0.717, 1.165) is 6.42 Å². The SMILES string of the molecule is CCCC(CC(F)(F)F)NCC. The average Bonchev–Trinajstić information content (AvgIpc) is 1.84. The molecule has 0 aliphatic carbocycles. The Kier molecular flexibility index (Phi) is 5.29. The van der Waals surface area contributed by atoms with Crippen molar-refractivity contribution in [3.8, 4) is 0 Å². The van der Waals surface area contributed by atoms with Gasteiger partial charge in [0, 0.05) is 6.04 Å². The Morgan fingerprint density at radius 3 is 2.17 bits per heavy atom. The lowest BCUT2D eigenvalue weighted by Gasteiger charge is -2.18. The summed E-state index contributed by atoms with van der Waals surface area (Å²) in [6, 6.07) is -0.403. The first-order valence-corrected chi connectivity index (χ1v) is 4.29. The van der Waals surface area contributed by atoms with E-state index in [-0.39, 0.29) is 0 Å². The van der Waals surface area contributed by atoms with Gasteiger partial charge in [0.1, 0.15) is 0 Å². The Balaban J connectivity index is 3.77. The van der Waals surface area contributed by atoms with Crippen molar-refractivity contribution in [1.29, 1.82) is 0 Å². The number of nitrogens with one attached hydrogen (secondary N) is 1. The summed E-state index contributed by atoms with van der Waals surface area (Å²) in [6.07, 6.45) is -3.38. The van der Waals surface area contributed by atoms with Crippen molar-refractivity contribution in [2.24, 2.45) is 0 Å². The lowest BCUT2D eigenvalue weighted by Crippen LogP contribution is -2.33. The van der Waals surface area contributed by atoms with Gasteiger partial charge >= 0.3 is 6.18 Å². The molecule has 0 aliphatic rings. The van der Waals surface area contributed by atoms with E-state index in [1.165, 1.54) is 0 Å². The molecule has 0 saturated heterocycles. The number of rotatable bonds is 5. The van der Waals surface area contributed by atoms with Gasteiger partial charge in [-0.3, -0.25) is 0 Å². The summed E-state index contributed by atoms with van der Waals surface area (Å²) >= 11 is 0. The molecule has 0 amide bonds. The molecule has 1 unspecified atom stereocenters. The average molecular weight is 183 g/mol. The number of hydrogen-bond acceptors (Lipinski definition) is 1.